The van der Waals surface area contributed by atoms with Gasteiger partial charge in [0.2, 0.25) is 0 Å². The summed E-state index contributed by atoms with van der Waals surface area (Å²) >= 11 is 12.5. The zero-order valence-electron chi connectivity index (χ0n) is 9.66. The number of ether oxygens (including phenoxy) is 1. The first-order chi connectivity index (χ1) is 9.13. The van der Waals surface area contributed by atoms with Crippen molar-refractivity contribution in [1.82, 2.24) is 0 Å². The highest BCUT2D eigenvalue weighted by Gasteiger charge is 2.08. The van der Waals surface area contributed by atoms with Gasteiger partial charge in [0.1, 0.15) is 17.6 Å². The highest BCUT2D eigenvalue weighted by Crippen LogP contribution is 2.33. The number of hydrogen-bond acceptors (Lipinski definition) is 2. The molecule has 0 amide bonds. The monoisotopic (exact) mass is 399 g/mol. The van der Waals surface area contributed by atoms with Crippen molar-refractivity contribution in [3.63, 3.8) is 0 Å². The van der Waals surface area contributed by atoms with Crippen LogP contribution in [0.3, 0.4) is 0 Å². The van der Waals surface area contributed by atoms with E-state index in [1.165, 1.54) is 0 Å². The lowest BCUT2D eigenvalue weighted by molar-refractivity contribution is 0.478. The summed E-state index contributed by atoms with van der Waals surface area (Å²) in [4.78, 5) is 0. The van der Waals surface area contributed by atoms with Crippen LogP contribution in [0.2, 0.25) is 0 Å². The number of hydrogen-bond donors (Lipinski definition) is 0. The molecular formula is C14H8Br2ClNO. The van der Waals surface area contributed by atoms with Crippen LogP contribution in [-0.2, 0) is 5.88 Å². The molecule has 19 heavy (non-hydrogen) atoms. The zero-order chi connectivity index (χ0) is 13.8. The molecule has 0 spiro atoms. The van der Waals surface area contributed by atoms with Gasteiger partial charge >= 0.3 is 0 Å². The second-order valence-corrected chi connectivity index (χ2v) is 5.79. The first-order valence-corrected chi connectivity index (χ1v) is 7.48. The first kappa shape index (κ1) is 14.4. The Morgan fingerprint density at radius 3 is 2.47 bits per heavy atom. The Balaban J connectivity index is 2.35. The molecule has 0 N–H and O–H groups in total. The van der Waals surface area contributed by atoms with E-state index in [2.05, 4.69) is 37.9 Å². The van der Waals surface area contributed by atoms with Gasteiger partial charge in [0.25, 0.3) is 0 Å². The summed E-state index contributed by atoms with van der Waals surface area (Å²) < 4.78 is 7.51. The predicted octanol–water partition coefficient (Wildman–Crippen LogP) is 5.61. The number of halogens is 3. The average molecular weight is 401 g/mol. The Bertz CT molecular complexity index is 652. The molecule has 0 aliphatic carbocycles. The van der Waals surface area contributed by atoms with E-state index < -0.39 is 0 Å². The fourth-order valence-electron chi connectivity index (χ4n) is 1.51. The molecule has 0 unspecified atom stereocenters. The fraction of sp³-hybridized carbons (Fsp3) is 0.0714. The summed E-state index contributed by atoms with van der Waals surface area (Å²) in [5.41, 5.74) is 1.36. The normalized spacial score (nSPS) is 10.0. The Morgan fingerprint density at radius 1 is 1.11 bits per heavy atom. The standard InChI is InChI=1S/C14H8Br2ClNO/c15-11-2-4-14(12(16)6-11)19-13-3-1-9(7-17)5-10(13)8-18/h1-6H,7H2. The van der Waals surface area contributed by atoms with Crippen LogP contribution in [0, 0.1) is 11.3 Å². The molecule has 0 fully saturated rings. The molecule has 2 nitrogen and oxygen atoms in total. The molecule has 0 aliphatic heterocycles. The lowest BCUT2D eigenvalue weighted by Crippen LogP contribution is -1.91. The number of benzene rings is 2. The highest BCUT2D eigenvalue weighted by molar-refractivity contribution is 9.11. The third-order valence-electron chi connectivity index (χ3n) is 2.43. The van der Waals surface area contributed by atoms with Crippen molar-refractivity contribution in [1.29, 1.82) is 5.26 Å². The highest BCUT2D eigenvalue weighted by atomic mass is 79.9. The molecule has 0 atom stereocenters. The van der Waals surface area contributed by atoms with Crippen molar-refractivity contribution < 1.29 is 4.74 Å². The number of nitriles is 1. The van der Waals surface area contributed by atoms with Crippen LogP contribution < -0.4 is 4.74 Å². The molecule has 2 aromatic carbocycles. The lowest BCUT2D eigenvalue weighted by Gasteiger charge is -2.10. The van der Waals surface area contributed by atoms with E-state index >= 15 is 0 Å². The van der Waals surface area contributed by atoms with Crippen molar-refractivity contribution >= 4 is 43.5 Å². The van der Waals surface area contributed by atoms with E-state index in [1.807, 2.05) is 24.3 Å². The van der Waals surface area contributed by atoms with E-state index in [0.717, 1.165) is 14.5 Å². The van der Waals surface area contributed by atoms with Crippen LogP contribution in [0.1, 0.15) is 11.1 Å². The smallest absolute Gasteiger partial charge is 0.145 e. The molecule has 0 saturated carbocycles. The Labute approximate surface area is 133 Å². The molecule has 0 heterocycles. The summed E-state index contributed by atoms with van der Waals surface area (Å²) in [6.45, 7) is 0. The van der Waals surface area contributed by atoms with E-state index in [4.69, 9.17) is 21.6 Å². The zero-order valence-corrected chi connectivity index (χ0v) is 13.6. The topological polar surface area (TPSA) is 33.0 Å². The lowest BCUT2D eigenvalue weighted by atomic mass is 10.1. The molecular weight excluding hydrogens is 393 g/mol. The maximum absolute atomic E-state index is 9.14. The summed E-state index contributed by atoms with van der Waals surface area (Å²) in [6.07, 6.45) is 0. The molecule has 0 aliphatic rings. The quantitative estimate of drug-likeness (QED) is 0.626. The minimum absolute atomic E-state index is 0.372. The minimum atomic E-state index is 0.372. The van der Waals surface area contributed by atoms with E-state index in [1.54, 1.807) is 12.1 Å². The molecule has 0 bridgehead atoms. The third-order valence-corrected chi connectivity index (χ3v) is 3.85. The van der Waals surface area contributed by atoms with Gasteiger partial charge in [-0.3, -0.25) is 0 Å². The number of nitrogens with zero attached hydrogens (tertiary/aromatic N) is 1. The molecule has 2 rings (SSSR count). The van der Waals surface area contributed by atoms with Gasteiger partial charge in [0.15, 0.2) is 0 Å². The summed E-state index contributed by atoms with van der Waals surface area (Å²) in [6, 6.07) is 13.0. The van der Waals surface area contributed by atoms with Gasteiger partial charge in [-0.25, -0.2) is 0 Å². The van der Waals surface area contributed by atoms with Crippen molar-refractivity contribution in [2.45, 2.75) is 5.88 Å². The molecule has 5 heteroatoms. The van der Waals surface area contributed by atoms with E-state index in [0.29, 0.717) is 22.9 Å². The summed E-state index contributed by atoms with van der Waals surface area (Å²) in [5.74, 6) is 1.54. The van der Waals surface area contributed by atoms with E-state index in [-0.39, 0.29) is 0 Å². The van der Waals surface area contributed by atoms with Crippen LogP contribution in [-0.4, -0.2) is 0 Å². The van der Waals surface area contributed by atoms with Crippen molar-refractivity contribution in [2.24, 2.45) is 0 Å². The molecule has 96 valence electrons. The summed E-state index contributed by atoms with van der Waals surface area (Å²) in [7, 11) is 0. The van der Waals surface area contributed by atoms with Gasteiger partial charge in [-0.05, 0) is 51.8 Å². The van der Waals surface area contributed by atoms with Gasteiger partial charge in [-0.1, -0.05) is 22.0 Å². The van der Waals surface area contributed by atoms with Gasteiger partial charge in [-0.2, -0.15) is 5.26 Å². The van der Waals surface area contributed by atoms with Gasteiger partial charge < -0.3 is 4.74 Å². The van der Waals surface area contributed by atoms with Crippen LogP contribution in [0.5, 0.6) is 11.5 Å². The van der Waals surface area contributed by atoms with Crippen molar-refractivity contribution in [3.05, 3.63) is 56.5 Å². The Kier molecular flexibility index (Phi) is 4.87. The van der Waals surface area contributed by atoms with Crippen LogP contribution in [0.15, 0.2) is 45.3 Å². The fourth-order valence-corrected chi connectivity index (χ4v) is 2.81. The largest absolute Gasteiger partial charge is 0.455 e. The molecule has 0 saturated heterocycles. The van der Waals surface area contributed by atoms with Crippen LogP contribution >= 0.6 is 43.5 Å². The third kappa shape index (κ3) is 3.50. The van der Waals surface area contributed by atoms with Gasteiger partial charge in [-0.15, -0.1) is 11.6 Å². The first-order valence-electron chi connectivity index (χ1n) is 5.36. The Hall–Kier alpha value is -1.02. The average Bonchev–Trinajstić information content (AvgIpc) is 2.42. The van der Waals surface area contributed by atoms with Gasteiger partial charge in [0, 0.05) is 10.4 Å². The minimum Gasteiger partial charge on any atom is -0.455 e. The van der Waals surface area contributed by atoms with Crippen molar-refractivity contribution in [2.75, 3.05) is 0 Å². The van der Waals surface area contributed by atoms with Crippen LogP contribution in [0.4, 0.5) is 0 Å². The Morgan fingerprint density at radius 2 is 1.84 bits per heavy atom. The molecule has 0 aromatic heterocycles. The van der Waals surface area contributed by atoms with Gasteiger partial charge in [0.05, 0.1) is 10.0 Å². The van der Waals surface area contributed by atoms with Crippen molar-refractivity contribution in [3.8, 4) is 17.6 Å². The second-order valence-electron chi connectivity index (χ2n) is 3.75. The predicted molar refractivity (Wildman–Crippen MR) is 82.6 cm³/mol. The molecule has 0 radical (unpaired) electrons. The maximum atomic E-state index is 9.14. The maximum Gasteiger partial charge on any atom is 0.145 e. The van der Waals surface area contributed by atoms with E-state index in [9.17, 15) is 0 Å². The molecule has 2 aromatic rings. The number of alkyl halides is 1. The second kappa shape index (κ2) is 6.42. The van der Waals surface area contributed by atoms with Crippen LogP contribution in [0.25, 0.3) is 0 Å². The summed E-state index contributed by atoms with van der Waals surface area (Å²) in [5, 5.41) is 9.14. The number of rotatable bonds is 3. The SMILES string of the molecule is N#Cc1cc(CCl)ccc1Oc1ccc(Br)cc1Br.